The molecule has 0 radical (unpaired) electrons. The zero-order valence-electron chi connectivity index (χ0n) is 14.7. The van der Waals surface area contributed by atoms with Gasteiger partial charge in [0.2, 0.25) is 5.76 Å². The summed E-state index contributed by atoms with van der Waals surface area (Å²) < 4.78 is 20.3. The largest absolute Gasteiger partial charge is 0.475 e. The SMILES string of the molecule is CNC1CC12CCN(c1cc3c(cc1F)OC(C(=O)O)=CN3C1CC1)C2. The highest BCUT2D eigenvalue weighted by Gasteiger charge is 2.57. The minimum absolute atomic E-state index is 0.161. The van der Waals surface area contributed by atoms with Gasteiger partial charge in [0.05, 0.1) is 17.6 Å². The summed E-state index contributed by atoms with van der Waals surface area (Å²) in [7, 11) is 1.98. The molecule has 0 bridgehead atoms. The van der Waals surface area contributed by atoms with Crippen molar-refractivity contribution in [3.8, 4) is 5.75 Å². The maximum Gasteiger partial charge on any atom is 0.373 e. The summed E-state index contributed by atoms with van der Waals surface area (Å²) in [4.78, 5) is 15.4. The number of carboxylic acid groups (broad SMARTS) is 1. The second-order valence-electron chi connectivity index (χ2n) is 7.89. The van der Waals surface area contributed by atoms with E-state index < -0.39 is 5.97 Å². The summed E-state index contributed by atoms with van der Waals surface area (Å²) in [5.41, 5.74) is 1.62. The number of aliphatic carboxylic acids is 1. The van der Waals surface area contributed by atoms with Crippen LogP contribution in [0.3, 0.4) is 0 Å². The van der Waals surface area contributed by atoms with E-state index in [1.807, 2.05) is 18.0 Å². The van der Waals surface area contributed by atoms with E-state index in [4.69, 9.17) is 4.74 Å². The third kappa shape index (κ3) is 2.37. The van der Waals surface area contributed by atoms with Crippen LogP contribution < -0.4 is 19.9 Å². The number of anilines is 2. The summed E-state index contributed by atoms with van der Waals surface area (Å²) in [6, 6.07) is 3.96. The predicted molar refractivity (Wildman–Crippen MR) is 95.0 cm³/mol. The molecule has 2 saturated carbocycles. The molecule has 4 aliphatic rings. The Labute approximate surface area is 151 Å². The van der Waals surface area contributed by atoms with E-state index in [9.17, 15) is 14.3 Å². The lowest BCUT2D eigenvalue weighted by Crippen LogP contribution is -2.28. The zero-order valence-corrected chi connectivity index (χ0v) is 14.7. The first-order chi connectivity index (χ1) is 12.5. The Morgan fingerprint density at radius 1 is 1.38 bits per heavy atom. The van der Waals surface area contributed by atoms with E-state index in [1.165, 1.54) is 12.3 Å². The molecule has 0 aromatic heterocycles. The van der Waals surface area contributed by atoms with E-state index in [0.29, 0.717) is 11.7 Å². The maximum absolute atomic E-state index is 14.8. The molecule has 0 amide bonds. The highest BCUT2D eigenvalue weighted by atomic mass is 19.1. The van der Waals surface area contributed by atoms with Crippen LogP contribution in [0.2, 0.25) is 0 Å². The molecule has 1 aromatic carbocycles. The van der Waals surface area contributed by atoms with Crippen LogP contribution in [0.5, 0.6) is 5.75 Å². The highest BCUT2D eigenvalue weighted by molar-refractivity contribution is 5.88. The van der Waals surface area contributed by atoms with Crippen molar-refractivity contribution in [2.45, 2.75) is 37.8 Å². The molecule has 7 heteroatoms. The number of rotatable bonds is 4. The zero-order chi connectivity index (χ0) is 18.1. The molecule has 5 rings (SSSR count). The van der Waals surface area contributed by atoms with Crippen LogP contribution in [0.4, 0.5) is 15.8 Å². The van der Waals surface area contributed by atoms with Gasteiger partial charge in [0.1, 0.15) is 5.82 Å². The van der Waals surface area contributed by atoms with Crippen LogP contribution in [-0.2, 0) is 4.79 Å². The Morgan fingerprint density at radius 3 is 2.85 bits per heavy atom. The molecule has 2 aliphatic heterocycles. The molecule has 1 saturated heterocycles. The average molecular weight is 359 g/mol. The van der Waals surface area contributed by atoms with Gasteiger partial charge in [0.25, 0.3) is 0 Å². The molecule has 1 spiro atoms. The molecule has 2 N–H and O–H groups in total. The normalized spacial score (nSPS) is 29.5. The van der Waals surface area contributed by atoms with E-state index in [2.05, 4.69) is 10.2 Å². The number of nitrogens with zero attached hydrogens (tertiary/aromatic N) is 2. The summed E-state index contributed by atoms with van der Waals surface area (Å²) >= 11 is 0. The number of nitrogens with one attached hydrogen (secondary N) is 1. The van der Waals surface area contributed by atoms with Crippen LogP contribution in [0, 0.1) is 11.2 Å². The fraction of sp³-hybridized carbons (Fsp3) is 0.526. The number of carboxylic acids is 1. The van der Waals surface area contributed by atoms with Gasteiger partial charge in [-0.05, 0) is 38.8 Å². The Balaban J connectivity index is 1.48. The van der Waals surface area contributed by atoms with Crippen molar-refractivity contribution < 1.29 is 19.0 Å². The minimum atomic E-state index is -1.14. The average Bonchev–Trinajstić information content (AvgIpc) is 3.51. The van der Waals surface area contributed by atoms with E-state index in [-0.39, 0.29) is 28.8 Å². The number of hydrogen-bond donors (Lipinski definition) is 2. The van der Waals surface area contributed by atoms with Gasteiger partial charge >= 0.3 is 5.97 Å². The van der Waals surface area contributed by atoms with Gasteiger partial charge in [-0.1, -0.05) is 0 Å². The first-order valence-electron chi connectivity index (χ1n) is 9.18. The molecule has 1 aromatic rings. The fourth-order valence-corrected chi connectivity index (χ4v) is 4.46. The molecular formula is C19H22FN3O3. The Hall–Kier alpha value is -2.28. The second kappa shape index (κ2) is 5.36. The molecule has 3 fully saturated rings. The van der Waals surface area contributed by atoms with Crippen molar-refractivity contribution in [2.24, 2.45) is 5.41 Å². The molecule has 26 heavy (non-hydrogen) atoms. The molecular weight excluding hydrogens is 337 g/mol. The smallest absolute Gasteiger partial charge is 0.373 e. The van der Waals surface area contributed by atoms with Crippen molar-refractivity contribution >= 4 is 17.3 Å². The maximum atomic E-state index is 14.8. The minimum Gasteiger partial charge on any atom is -0.475 e. The van der Waals surface area contributed by atoms with Crippen LogP contribution in [0.1, 0.15) is 25.7 Å². The Kier molecular flexibility index (Phi) is 3.28. The van der Waals surface area contributed by atoms with Crippen molar-refractivity contribution in [2.75, 3.05) is 29.9 Å². The molecule has 2 atom stereocenters. The van der Waals surface area contributed by atoms with Crippen molar-refractivity contribution in [3.63, 3.8) is 0 Å². The molecule has 2 unspecified atom stereocenters. The fourth-order valence-electron chi connectivity index (χ4n) is 4.46. The monoisotopic (exact) mass is 359 g/mol. The Morgan fingerprint density at radius 2 is 2.19 bits per heavy atom. The number of fused-ring (bicyclic) bond motifs is 1. The number of ether oxygens (including phenoxy) is 1. The van der Waals surface area contributed by atoms with Gasteiger partial charge in [0.15, 0.2) is 5.75 Å². The summed E-state index contributed by atoms with van der Waals surface area (Å²) in [6.45, 7) is 1.70. The van der Waals surface area contributed by atoms with Crippen LogP contribution in [-0.4, -0.2) is 43.3 Å². The summed E-state index contributed by atoms with van der Waals surface area (Å²) in [6.07, 6.45) is 5.77. The lowest BCUT2D eigenvalue weighted by atomic mass is 10.1. The number of carbonyl (C=O) groups is 1. The van der Waals surface area contributed by atoms with Gasteiger partial charge in [-0.25, -0.2) is 9.18 Å². The third-order valence-corrected chi connectivity index (χ3v) is 6.20. The topological polar surface area (TPSA) is 65.0 Å². The number of halogens is 1. The van der Waals surface area contributed by atoms with Crippen molar-refractivity contribution in [1.29, 1.82) is 0 Å². The predicted octanol–water partition coefficient (Wildman–Crippen LogP) is 2.30. The third-order valence-electron chi connectivity index (χ3n) is 6.20. The second-order valence-corrected chi connectivity index (χ2v) is 7.89. The van der Waals surface area contributed by atoms with Gasteiger partial charge in [-0.2, -0.15) is 0 Å². The van der Waals surface area contributed by atoms with Gasteiger partial charge < -0.3 is 25.0 Å². The lowest BCUT2D eigenvalue weighted by molar-refractivity contribution is -0.135. The van der Waals surface area contributed by atoms with E-state index >= 15 is 0 Å². The Bertz CT molecular complexity index is 822. The highest BCUT2D eigenvalue weighted by Crippen LogP contribution is 2.54. The summed E-state index contributed by atoms with van der Waals surface area (Å²) in [5, 5.41) is 12.6. The summed E-state index contributed by atoms with van der Waals surface area (Å²) in [5.74, 6) is -1.37. The van der Waals surface area contributed by atoms with Crippen molar-refractivity contribution in [3.05, 3.63) is 29.9 Å². The van der Waals surface area contributed by atoms with Crippen LogP contribution >= 0.6 is 0 Å². The first-order valence-corrected chi connectivity index (χ1v) is 9.18. The molecule has 2 aliphatic carbocycles. The van der Waals surface area contributed by atoms with Gasteiger partial charge in [0, 0.05) is 36.7 Å². The van der Waals surface area contributed by atoms with Crippen LogP contribution in [0.15, 0.2) is 24.1 Å². The number of benzene rings is 1. The quantitative estimate of drug-likeness (QED) is 0.860. The first kappa shape index (κ1) is 15.9. The molecule has 6 nitrogen and oxygen atoms in total. The van der Waals surface area contributed by atoms with Crippen LogP contribution in [0.25, 0.3) is 0 Å². The number of hydrogen-bond acceptors (Lipinski definition) is 5. The van der Waals surface area contributed by atoms with Gasteiger partial charge in [-0.3, -0.25) is 0 Å². The van der Waals surface area contributed by atoms with E-state index in [0.717, 1.165) is 44.5 Å². The standard InChI is InChI=1S/C19H22FN3O3/c1-21-17-8-19(17)4-5-22(10-19)13-7-14-15(6-12(13)20)26-16(18(24)25)9-23(14)11-2-3-11/h6-7,9,11,17,21H,2-5,8,10H2,1H3,(H,24,25). The lowest BCUT2D eigenvalue weighted by Gasteiger charge is -2.30. The van der Waals surface area contributed by atoms with Gasteiger partial charge in [-0.15, -0.1) is 0 Å². The van der Waals surface area contributed by atoms with E-state index in [1.54, 1.807) is 0 Å². The molecule has 2 heterocycles. The molecule has 138 valence electrons. The van der Waals surface area contributed by atoms with Crippen molar-refractivity contribution in [1.82, 2.24) is 5.32 Å².